The molecule has 1 heterocycles. The number of rotatable bonds is 3. The van der Waals surface area contributed by atoms with E-state index in [-0.39, 0.29) is 12.4 Å². The lowest BCUT2D eigenvalue weighted by molar-refractivity contribution is -0.144. The van der Waals surface area contributed by atoms with Gasteiger partial charge in [0.1, 0.15) is 0 Å². The van der Waals surface area contributed by atoms with Crippen molar-refractivity contribution < 1.29 is 23.1 Å². The lowest BCUT2D eigenvalue weighted by Gasteiger charge is -2.29. The fourth-order valence-corrected chi connectivity index (χ4v) is 1.53. The maximum atomic E-state index is 11.8. The predicted molar refractivity (Wildman–Crippen MR) is 58.0 cm³/mol. The van der Waals surface area contributed by atoms with Crippen molar-refractivity contribution in [1.29, 1.82) is 0 Å². The molecule has 0 spiro atoms. The van der Waals surface area contributed by atoms with Crippen LogP contribution < -0.4 is 10.6 Å². The second-order valence-electron chi connectivity index (χ2n) is 3.85. The van der Waals surface area contributed by atoms with Crippen LogP contribution in [0, 0.1) is 0 Å². The summed E-state index contributed by atoms with van der Waals surface area (Å²) in [6, 6.07) is -0.491. The van der Waals surface area contributed by atoms with Crippen LogP contribution in [-0.4, -0.2) is 42.4 Å². The minimum Gasteiger partial charge on any atom is -0.391 e. The Kier molecular flexibility index (Phi) is 6.81. The lowest BCUT2D eigenvalue weighted by Crippen LogP contribution is -2.53. The number of carbonyl (C=O) groups excluding carboxylic acids is 1. The molecule has 0 aromatic rings. The van der Waals surface area contributed by atoms with Crippen LogP contribution in [-0.2, 0) is 4.79 Å². The molecular formula is C9H16ClF3N2O2. The molecule has 8 heteroatoms. The zero-order valence-electron chi connectivity index (χ0n) is 9.09. The van der Waals surface area contributed by atoms with E-state index in [1.165, 1.54) is 0 Å². The normalized spacial score (nSPS) is 24.9. The van der Waals surface area contributed by atoms with Crippen LogP contribution in [0.4, 0.5) is 13.2 Å². The average Bonchev–Trinajstić information content (AvgIpc) is 2.18. The number of piperidine rings is 1. The van der Waals surface area contributed by atoms with E-state index in [4.69, 9.17) is 0 Å². The largest absolute Gasteiger partial charge is 0.391 e. The molecule has 1 aliphatic rings. The second-order valence-corrected chi connectivity index (χ2v) is 3.85. The molecule has 3 N–H and O–H groups in total. The van der Waals surface area contributed by atoms with E-state index >= 15 is 0 Å². The first-order chi connectivity index (χ1) is 7.38. The number of halogens is 4. The van der Waals surface area contributed by atoms with Crippen LogP contribution in [0.25, 0.3) is 0 Å². The molecule has 1 saturated heterocycles. The summed E-state index contributed by atoms with van der Waals surface area (Å²) in [6.45, 7) is 1.04. The molecule has 17 heavy (non-hydrogen) atoms. The minimum absolute atomic E-state index is 0. The lowest BCUT2D eigenvalue weighted by atomic mass is 10.0. The topological polar surface area (TPSA) is 61.4 Å². The van der Waals surface area contributed by atoms with Crippen molar-refractivity contribution >= 4 is 18.3 Å². The van der Waals surface area contributed by atoms with Gasteiger partial charge in [-0.3, -0.25) is 4.79 Å². The zero-order chi connectivity index (χ0) is 12.2. The summed E-state index contributed by atoms with van der Waals surface area (Å²) in [5, 5.41) is 14.8. The Morgan fingerprint density at radius 2 is 2.12 bits per heavy atom. The molecule has 4 nitrogen and oxygen atoms in total. The van der Waals surface area contributed by atoms with Crippen LogP contribution in [0.5, 0.6) is 0 Å². The molecule has 1 rings (SSSR count). The van der Waals surface area contributed by atoms with Gasteiger partial charge in [0.15, 0.2) is 0 Å². The molecule has 2 atom stereocenters. The Morgan fingerprint density at radius 3 is 2.65 bits per heavy atom. The third kappa shape index (κ3) is 6.70. The number of aliphatic hydroxyl groups is 1. The molecule has 0 unspecified atom stereocenters. The van der Waals surface area contributed by atoms with E-state index in [1.807, 2.05) is 0 Å². The van der Waals surface area contributed by atoms with Crippen molar-refractivity contribution in [3.8, 4) is 0 Å². The fraction of sp³-hybridized carbons (Fsp3) is 0.889. The quantitative estimate of drug-likeness (QED) is 0.707. The number of aliphatic hydroxyl groups excluding tert-OH is 1. The van der Waals surface area contributed by atoms with Crippen molar-refractivity contribution in [2.45, 2.75) is 37.6 Å². The number of nitrogens with one attached hydrogen (secondary N) is 2. The third-order valence-electron chi connectivity index (χ3n) is 2.43. The summed E-state index contributed by atoms with van der Waals surface area (Å²) in [7, 11) is 0. The molecule has 1 amide bonds. The molecule has 0 aromatic heterocycles. The number of amides is 1. The van der Waals surface area contributed by atoms with Crippen molar-refractivity contribution in [1.82, 2.24) is 10.6 Å². The van der Waals surface area contributed by atoms with Crippen LogP contribution in [0.2, 0.25) is 0 Å². The number of alkyl halides is 3. The number of hydrogen-bond donors (Lipinski definition) is 3. The Labute approximate surface area is 103 Å². The molecule has 0 aliphatic carbocycles. The maximum absolute atomic E-state index is 11.8. The van der Waals surface area contributed by atoms with Gasteiger partial charge in [-0.2, -0.15) is 13.2 Å². The first-order valence-corrected chi connectivity index (χ1v) is 5.13. The van der Waals surface area contributed by atoms with Gasteiger partial charge in [-0.15, -0.1) is 12.4 Å². The highest BCUT2D eigenvalue weighted by Crippen LogP contribution is 2.21. The number of carbonyl (C=O) groups is 1. The molecule has 0 saturated carbocycles. The van der Waals surface area contributed by atoms with E-state index in [0.717, 1.165) is 0 Å². The molecule has 1 aliphatic heterocycles. The van der Waals surface area contributed by atoms with Gasteiger partial charge in [0.05, 0.1) is 18.6 Å². The highest BCUT2D eigenvalue weighted by atomic mass is 35.5. The second kappa shape index (κ2) is 7.03. The van der Waals surface area contributed by atoms with E-state index in [1.54, 1.807) is 0 Å². The molecule has 0 radical (unpaired) electrons. The van der Waals surface area contributed by atoms with Gasteiger partial charge in [0.25, 0.3) is 0 Å². The van der Waals surface area contributed by atoms with Crippen molar-refractivity contribution in [3.63, 3.8) is 0 Å². The van der Waals surface area contributed by atoms with Gasteiger partial charge in [-0.25, -0.2) is 0 Å². The minimum atomic E-state index is -4.32. The van der Waals surface area contributed by atoms with Gasteiger partial charge >= 0.3 is 6.18 Å². The van der Waals surface area contributed by atoms with E-state index in [9.17, 15) is 23.1 Å². The van der Waals surface area contributed by atoms with Crippen molar-refractivity contribution in [2.24, 2.45) is 0 Å². The molecule has 102 valence electrons. The van der Waals surface area contributed by atoms with Gasteiger partial charge in [-0.1, -0.05) is 0 Å². The molecular weight excluding hydrogens is 261 g/mol. The van der Waals surface area contributed by atoms with Gasteiger partial charge < -0.3 is 15.7 Å². The Hall–Kier alpha value is -0.530. The summed E-state index contributed by atoms with van der Waals surface area (Å²) in [6.07, 6.45) is -6.23. The summed E-state index contributed by atoms with van der Waals surface area (Å²) in [4.78, 5) is 11.2. The summed E-state index contributed by atoms with van der Waals surface area (Å²) >= 11 is 0. The van der Waals surface area contributed by atoms with E-state index in [0.29, 0.717) is 19.5 Å². The molecule has 1 fully saturated rings. The van der Waals surface area contributed by atoms with Crippen molar-refractivity contribution in [2.75, 3.05) is 13.1 Å². The Morgan fingerprint density at radius 1 is 1.47 bits per heavy atom. The monoisotopic (exact) mass is 276 g/mol. The fourth-order valence-electron chi connectivity index (χ4n) is 1.53. The first kappa shape index (κ1) is 16.5. The Bertz CT molecular complexity index is 251. The smallest absolute Gasteiger partial charge is 0.389 e. The molecule has 0 bridgehead atoms. The zero-order valence-corrected chi connectivity index (χ0v) is 9.90. The van der Waals surface area contributed by atoms with Crippen molar-refractivity contribution in [3.05, 3.63) is 0 Å². The molecule has 0 aromatic carbocycles. The first-order valence-electron chi connectivity index (χ1n) is 5.13. The van der Waals surface area contributed by atoms with Crippen LogP contribution in [0.15, 0.2) is 0 Å². The van der Waals surface area contributed by atoms with Crippen LogP contribution in [0.1, 0.15) is 19.3 Å². The number of hydrogen-bond acceptors (Lipinski definition) is 3. The third-order valence-corrected chi connectivity index (χ3v) is 2.43. The van der Waals surface area contributed by atoms with Gasteiger partial charge in [-0.05, 0) is 13.0 Å². The summed E-state index contributed by atoms with van der Waals surface area (Å²) in [5.74, 6) is -0.676. The van der Waals surface area contributed by atoms with E-state index < -0.39 is 37.1 Å². The Balaban J connectivity index is 0.00000256. The van der Waals surface area contributed by atoms with Gasteiger partial charge in [0, 0.05) is 13.0 Å². The van der Waals surface area contributed by atoms with E-state index in [2.05, 4.69) is 10.6 Å². The SMILES string of the molecule is Cl.O=C(CCC(F)(F)F)N[C@H]1CNCC[C@H]1O. The highest BCUT2D eigenvalue weighted by molar-refractivity contribution is 5.85. The standard InChI is InChI=1S/C9H15F3N2O2.ClH/c10-9(11,12)3-1-8(16)14-6-5-13-4-2-7(6)15;/h6-7,13,15H,1-5H2,(H,14,16);1H/t6-,7+;/m0./s1. The highest BCUT2D eigenvalue weighted by Gasteiger charge is 2.29. The average molecular weight is 277 g/mol. The summed E-state index contributed by atoms with van der Waals surface area (Å²) in [5.41, 5.74) is 0. The maximum Gasteiger partial charge on any atom is 0.389 e. The van der Waals surface area contributed by atoms with Crippen LogP contribution >= 0.6 is 12.4 Å². The van der Waals surface area contributed by atoms with Gasteiger partial charge in [0.2, 0.25) is 5.91 Å². The summed E-state index contributed by atoms with van der Waals surface area (Å²) < 4.78 is 35.5. The predicted octanol–water partition coefficient (Wildman–Crippen LogP) is 0.590. The van der Waals surface area contributed by atoms with Crippen LogP contribution in [0.3, 0.4) is 0 Å².